The summed E-state index contributed by atoms with van der Waals surface area (Å²) in [6.45, 7) is 1.31. The van der Waals surface area contributed by atoms with Crippen LogP contribution < -0.4 is 15.4 Å². The van der Waals surface area contributed by atoms with E-state index in [4.69, 9.17) is 9.47 Å². The van der Waals surface area contributed by atoms with Crippen molar-refractivity contribution in [3.63, 3.8) is 0 Å². The first-order valence-corrected chi connectivity index (χ1v) is 8.09. The average molecular weight is 306 g/mol. The lowest BCUT2D eigenvalue weighted by Crippen LogP contribution is -2.30. The van der Waals surface area contributed by atoms with Gasteiger partial charge in [-0.2, -0.15) is 0 Å². The highest BCUT2D eigenvalue weighted by atomic mass is 16.5. The summed E-state index contributed by atoms with van der Waals surface area (Å²) in [7, 11) is 1.58. The molecule has 0 bridgehead atoms. The van der Waals surface area contributed by atoms with E-state index in [2.05, 4.69) is 10.6 Å². The van der Waals surface area contributed by atoms with Gasteiger partial charge >= 0.3 is 6.03 Å². The van der Waals surface area contributed by atoms with Crippen molar-refractivity contribution >= 4 is 11.7 Å². The zero-order valence-electron chi connectivity index (χ0n) is 13.3. The number of hydrogen-bond acceptors (Lipinski definition) is 3. The summed E-state index contributed by atoms with van der Waals surface area (Å²) >= 11 is 0. The summed E-state index contributed by atoms with van der Waals surface area (Å²) in [5, 5.41) is 5.62. The predicted molar refractivity (Wildman–Crippen MR) is 87.5 cm³/mol. The molecule has 1 aromatic rings. The Labute approximate surface area is 132 Å². The van der Waals surface area contributed by atoms with Gasteiger partial charge in [0.2, 0.25) is 0 Å². The van der Waals surface area contributed by atoms with Crippen LogP contribution in [0.2, 0.25) is 0 Å². The Balaban J connectivity index is 1.59. The zero-order chi connectivity index (χ0) is 15.6. The number of ether oxygens (including phenoxy) is 2. The molecule has 0 heterocycles. The number of methoxy groups -OCH3 is 1. The highest BCUT2D eigenvalue weighted by Crippen LogP contribution is 2.22. The maximum absolute atomic E-state index is 11.8. The van der Waals surface area contributed by atoms with Crippen molar-refractivity contribution in [3.05, 3.63) is 24.3 Å². The number of benzene rings is 1. The Bertz CT molecular complexity index is 459. The third-order valence-corrected chi connectivity index (χ3v) is 3.87. The van der Waals surface area contributed by atoms with Crippen molar-refractivity contribution in [3.8, 4) is 5.75 Å². The maximum atomic E-state index is 11.8. The van der Waals surface area contributed by atoms with Gasteiger partial charge in [-0.1, -0.05) is 31.4 Å². The fourth-order valence-electron chi connectivity index (χ4n) is 2.67. The van der Waals surface area contributed by atoms with Crippen LogP contribution >= 0.6 is 0 Å². The highest BCUT2D eigenvalue weighted by Gasteiger charge is 2.13. The molecule has 2 rings (SSSR count). The Morgan fingerprint density at radius 3 is 2.77 bits per heavy atom. The number of para-hydroxylation sites is 2. The van der Waals surface area contributed by atoms with Crippen LogP contribution in [-0.4, -0.2) is 32.4 Å². The Morgan fingerprint density at radius 1 is 1.23 bits per heavy atom. The Hall–Kier alpha value is -1.75. The van der Waals surface area contributed by atoms with E-state index in [1.54, 1.807) is 7.11 Å². The minimum Gasteiger partial charge on any atom is -0.495 e. The van der Waals surface area contributed by atoms with Gasteiger partial charge in [0.15, 0.2) is 0 Å². The van der Waals surface area contributed by atoms with Gasteiger partial charge in [-0.3, -0.25) is 0 Å². The molecule has 0 aliphatic heterocycles. The Kier molecular flexibility index (Phi) is 7.03. The van der Waals surface area contributed by atoms with Crippen LogP contribution in [0.1, 0.15) is 38.5 Å². The number of anilines is 1. The van der Waals surface area contributed by atoms with E-state index < -0.39 is 0 Å². The summed E-state index contributed by atoms with van der Waals surface area (Å²) in [6, 6.07) is 7.13. The van der Waals surface area contributed by atoms with Gasteiger partial charge in [-0.25, -0.2) is 4.79 Å². The molecule has 1 aliphatic carbocycles. The van der Waals surface area contributed by atoms with Crippen molar-refractivity contribution in [2.75, 3.05) is 25.6 Å². The first kappa shape index (κ1) is 16.6. The molecule has 22 heavy (non-hydrogen) atoms. The molecule has 0 aromatic heterocycles. The SMILES string of the molecule is COc1ccccc1NC(=O)NCCCOC1CCCCC1. The number of amides is 2. The maximum Gasteiger partial charge on any atom is 0.319 e. The van der Waals surface area contributed by atoms with E-state index in [1.807, 2.05) is 24.3 Å². The van der Waals surface area contributed by atoms with E-state index in [-0.39, 0.29) is 6.03 Å². The van der Waals surface area contributed by atoms with Crippen molar-refractivity contribution < 1.29 is 14.3 Å². The Morgan fingerprint density at radius 2 is 2.00 bits per heavy atom. The molecule has 1 aromatic carbocycles. The monoisotopic (exact) mass is 306 g/mol. The fraction of sp³-hybridized carbons (Fsp3) is 0.588. The molecule has 122 valence electrons. The number of urea groups is 1. The summed E-state index contributed by atoms with van der Waals surface area (Å²) in [5.41, 5.74) is 0.668. The van der Waals surface area contributed by atoms with E-state index in [9.17, 15) is 4.79 Å². The molecule has 5 heteroatoms. The molecule has 0 saturated heterocycles. The standard InChI is InChI=1S/C17H26N2O3/c1-21-16-11-6-5-10-15(16)19-17(20)18-12-7-13-22-14-8-3-2-4-9-14/h5-6,10-11,14H,2-4,7-9,12-13H2,1H3,(H2,18,19,20). The molecule has 0 atom stereocenters. The molecule has 2 amide bonds. The van der Waals surface area contributed by atoms with Crippen LogP contribution in [0.5, 0.6) is 5.75 Å². The molecule has 5 nitrogen and oxygen atoms in total. The second kappa shape index (κ2) is 9.30. The predicted octanol–water partition coefficient (Wildman–Crippen LogP) is 3.56. The quantitative estimate of drug-likeness (QED) is 0.757. The van der Waals surface area contributed by atoms with Crippen molar-refractivity contribution in [1.82, 2.24) is 5.32 Å². The van der Waals surface area contributed by atoms with Crippen molar-refractivity contribution in [1.29, 1.82) is 0 Å². The largest absolute Gasteiger partial charge is 0.495 e. The van der Waals surface area contributed by atoms with Crippen molar-refractivity contribution in [2.45, 2.75) is 44.6 Å². The second-order valence-corrected chi connectivity index (χ2v) is 5.57. The van der Waals surface area contributed by atoms with E-state index in [0.29, 0.717) is 30.7 Å². The first-order valence-electron chi connectivity index (χ1n) is 8.09. The van der Waals surface area contributed by atoms with Gasteiger partial charge in [0.1, 0.15) is 5.75 Å². The van der Waals surface area contributed by atoms with E-state index >= 15 is 0 Å². The lowest BCUT2D eigenvalue weighted by molar-refractivity contribution is 0.0276. The molecule has 2 N–H and O–H groups in total. The van der Waals surface area contributed by atoms with Crippen LogP contribution in [0.3, 0.4) is 0 Å². The second-order valence-electron chi connectivity index (χ2n) is 5.57. The van der Waals surface area contributed by atoms with Crippen LogP contribution in [0, 0.1) is 0 Å². The molecule has 0 unspecified atom stereocenters. The minimum atomic E-state index is -0.220. The first-order chi connectivity index (χ1) is 10.8. The van der Waals surface area contributed by atoms with Gasteiger partial charge in [0.25, 0.3) is 0 Å². The number of carbonyl (C=O) groups excluding carboxylic acids is 1. The fourth-order valence-corrected chi connectivity index (χ4v) is 2.67. The third kappa shape index (κ3) is 5.56. The van der Waals surface area contributed by atoms with Crippen LogP contribution in [0.25, 0.3) is 0 Å². The van der Waals surface area contributed by atoms with Crippen molar-refractivity contribution in [2.24, 2.45) is 0 Å². The van der Waals surface area contributed by atoms with Gasteiger partial charge in [-0.05, 0) is 31.4 Å². The van der Waals surface area contributed by atoms with Gasteiger partial charge in [-0.15, -0.1) is 0 Å². The van der Waals surface area contributed by atoms with Crippen LogP contribution in [0.15, 0.2) is 24.3 Å². The summed E-state index contributed by atoms with van der Waals surface area (Å²) in [6.07, 6.45) is 7.52. The van der Waals surface area contributed by atoms with Gasteiger partial charge in [0.05, 0.1) is 18.9 Å². The summed E-state index contributed by atoms with van der Waals surface area (Å²) in [4.78, 5) is 11.8. The van der Waals surface area contributed by atoms with Gasteiger partial charge < -0.3 is 20.1 Å². The summed E-state index contributed by atoms with van der Waals surface area (Å²) < 4.78 is 11.0. The number of rotatable bonds is 7. The van der Waals surface area contributed by atoms with Gasteiger partial charge in [0, 0.05) is 13.2 Å². The molecular weight excluding hydrogens is 280 g/mol. The number of carbonyl (C=O) groups is 1. The zero-order valence-corrected chi connectivity index (χ0v) is 13.3. The topological polar surface area (TPSA) is 59.6 Å². The van der Waals surface area contributed by atoms with E-state index in [0.717, 1.165) is 6.42 Å². The summed E-state index contributed by atoms with van der Waals surface area (Å²) in [5.74, 6) is 0.651. The lowest BCUT2D eigenvalue weighted by atomic mass is 9.98. The highest BCUT2D eigenvalue weighted by molar-refractivity contribution is 5.90. The molecule has 1 saturated carbocycles. The third-order valence-electron chi connectivity index (χ3n) is 3.87. The number of hydrogen-bond donors (Lipinski definition) is 2. The molecule has 0 radical (unpaired) electrons. The van der Waals surface area contributed by atoms with E-state index in [1.165, 1.54) is 32.1 Å². The molecule has 1 fully saturated rings. The van der Waals surface area contributed by atoms with Crippen LogP contribution in [0.4, 0.5) is 10.5 Å². The normalized spacial score (nSPS) is 15.3. The number of nitrogens with one attached hydrogen (secondary N) is 2. The smallest absolute Gasteiger partial charge is 0.319 e. The lowest BCUT2D eigenvalue weighted by Gasteiger charge is -2.21. The molecule has 1 aliphatic rings. The average Bonchev–Trinajstić information content (AvgIpc) is 2.56. The minimum absolute atomic E-state index is 0.220. The molecular formula is C17H26N2O3. The molecule has 0 spiro atoms. The van der Waals surface area contributed by atoms with Crippen LogP contribution in [-0.2, 0) is 4.74 Å².